The third kappa shape index (κ3) is 3.09. The molecule has 0 bridgehead atoms. The summed E-state index contributed by atoms with van der Waals surface area (Å²) >= 11 is 5.84. The van der Waals surface area contributed by atoms with Crippen LogP contribution < -0.4 is 10.5 Å². The lowest BCUT2D eigenvalue weighted by molar-refractivity contribution is 0.0921. The number of methoxy groups -OCH3 is 1. The van der Waals surface area contributed by atoms with Gasteiger partial charge in [0.15, 0.2) is 0 Å². The molecule has 0 saturated heterocycles. The lowest BCUT2D eigenvalue weighted by atomic mass is 10.3. The number of hydrogen-bond acceptors (Lipinski definition) is 3. The van der Waals surface area contributed by atoms with E-state index >= 15 is 0 Å². The van der Waals surface area contributed by atoms with Crippen LogP contribution in [0.1, 0.15) is 6.92 Å². The Labute approximate surface area is 88.8 Å². The van der Waals surface area contributed by atoms with Gasteiger partial charge in [-0.05, 0) is 19.1 Å². The molecule has 1 atom stereocenters. The molecule has 1 unspecified atom stereocenters. The average Bonchev–Trinajstić information content (AvgIpc) is 2.12. The zero-order valence-electron chi connectivity index (χ0n) is 8.29. The standard InChI is InChI=1S/C10H14ClNO2/c1-7(6-13-2)14-8-3-4-10(12)9(11)5-8/h3-5,7H,6,12H2,1-2H3. The summed E-state index contributed by atoms with van der Waals surface area (Å²) < 4.78 is 10.5. The minimum Gasteiger partial charge on any atom is -0.488 e. The van der Waals surface area contributed by atoms with E-state index < -0.39 is 0 Å². The summed E-state index contributed by atoms with van der Waals surface area (Å²) in [5.74, 6) is 0.703. The Bertz CT molecular complexity index is 304. The van der Waals surface area contributed by atoms with Gasteiger partial charge in [-0.1, -0.05) is 11.6 Å². The van der Waals surface area contributed by atoms with Gasteiger partial charge in [-0.3, -0.25) is 0 Å². The van der Waals surface area contributed by atoms with E-state index in [0.717, 1.165) is 0 Å². The van der Waals surface area contributed by atoms with Gasteiger partial charge >= 0.3 is 0 Å². The molecular weight excluding hydrogens is 202 g/mol. The van der Waals surface area contributed by atoms with Gasteiger partial charge in [-0.25, -0.2) is 0 Å². The minimum absolute atomic E-state index is 0.000286. The fraction of sp³-hybridized carbons (Fsp3) is 0.400. The van der Waals surface area contributed by atoms with Crippen LogP contribution in [0.25, 0.3) is 0 Å². The highest BCUT2D eigenvalue weighted by atomic mass is 35.5. The van der Waals surface area contributed by atoms with Crippen LogP contribution in [0.15, 0.2) is 18.2 Å². The number of halogens is 1. The summed E-state index contributed by atoms with van der Waals surface area (Å²) in [5, 5.41) is 0.507. The predicted octanol–water partition coefficient (Wildman–Crippen LogP) is 2.34. The highest BCUT2D eigenvalue weighted by molar-refractivity contribution is 6.33. The van der Waals surface area contributed by atoms with Crippen molar-refractivity contribution in [1.29, 1.82) is 0 Å². The Hall–Kier alpha value is -0.930. The SMILES string of the molecule is COCC(C)Oc1ccc(N)c(Cl)c1. The number of nitrogens with two attached hydrogens (primary N) is 1. The van der Waals surface area contributed by atoms with Crippen molar-refractivity contribution in [1.82, 2.24) is 0 Å². The van der Waals surface area contributed by atoms with E-state index in [1.165, 1.54) is 0 Å². The van der Waals surface area contributed by atoms with Gasteiger partial charge in [0.1, 0.15) is 11.9 Å². The van der Waals surface area contributed by atoms with E-state index in [1.807, 2.05) is 6.92 Å². The molecule has 0 heterocycles. The largest absolute Gasteiger partial charge is 0.488 e. The quantitative estimate of drug-likeness (QED) is 0.785. The van der Waals surface area contributed by atoms with E-state index in [2.05, 4.69) is 0 Å². The first-order chi connectivity index (χ1) is 6.63. The topological polar surface area (TPSA) is 44.5 Å². The molecule has 0 spiro atoms. The van der Waals surface area contributed by atoms with Crippen LogP contribution in [0, 0.1) is 0 Å². The lowest BCUT2D eigenvalue weighted by Gasteiger charge is -2.14. The number of anilines is 1. The Morgan fingerprint density at radius 2 is 2.21 bits per heavy atom. The van der Waals surface area contributed by atoms with E-state index in [-0.39, 0.29) is 6.10 Å². The highest BCUT2D eigenvalue weighted by Gasteiger charge is 2.04. The van der Waals surface area contributed by atoms with E-state index in [1.54, 1.807) is 25.3 Å². The summed E-state index contributed by atoms with van der Waals surface area (Å²) in [4.78, 5) is 0. The van der Waals surface area contributed by atoms with Crippen LogP contribution in [0.4, 0.5) is 5.69 Å². The Balaban J connectivity index is 2.63. The van der Waals surface area contributed by atoms with Crippen LogP contribution in [-0.4, -0.2) is 19.8 Å². The Kier molecular flexibility index (Phi) is 4.04. The third-order valence-electron chi connectivity index (χ3n) is 1.71. The molecule has 1 rings (SSSR count). The Morgan fingerprint density at radius 3 is 2.79 bits per heavy atom. The maximum absolute atomic E-state index is 5.84. The molecule has 0 aliphatic carbocycles. The number of ether oxygens (including phenoxy) is 2. The van der Waals surface area contributed by atoms with Crippen molar-refractivity contribution in [2.24, 2.45) is 0 Å². The highest BCUT2D eigenvalue weighted by Crippen LogP contribution is 2.24. The van der Waals surface area contributed by atoms with Gasteiger partial charge in [0.25, 0.3) is 0 Å². The fourth-order valence-corrected chi connectivity index (χ4v) is 1.25. The summed E-state index contributed by atoms with van der Waals surface area (Å²) in [7, 11) is 1.63. The molecule has 0 fully saturated rings. The molecule has 4 heteroatoms. The molecule has 0 radical (unpaired) electrons. The molecule has 1 aromatic rings. The molecule has 78 valence electrons. The summed E-state index contributed by atoms with van der Waals surface area (Å²) in [6.07, 6.45) is -0.000286. The second-order valence-electron chi connectivity index (χ2n) is 3.07. The summed E-state index contributed by atoms with van der Waals surface area (Å²) in [5.41, 5.74) is 6.12. The van der Waals surface area contributed by atoms with Crippen molar-refractivity contribution in [2.45, 2.75) is 13.0 Å². The molecular formula is C10H14ClNO2. The molecule has 0 saturated carbocycles. The lowest BCUT2D eigenvalue weighted by Crippen LogP contribution is -2.17. The minimum atomic E-state index is -0.000286. The van der Waals surface area contributed by atoms with Crippen molar-refractivity contribution in [2.75, 3.05) is 19.5 Å². The van der Waals surface area contributed by atoms with Crippen molar-refractivity contribution in [3.8, 4) is 5.75 Å². The van der Waals surface area contributed by atoms with Crippen LogP contribution in [0.2, 0.25) is 5.02 Å². The molecule has 1 aromatic carbocycles. The molecule has 0 aromatic heterocycles. The number of nitrogen functional groups attached to an aromatic ring is 1. The number of benzene rings is 1. The molecule has 3 nitrogen and oxygen atoms in total. The van der Waals surface area contributed by atoms with Gasteiger partial charge in [0.2, 0.25) is 0 Å². The van der Waals surface area contributed by atoms with Gasteiger partial charge in [-0.2, -0.15) is 0 Å². The second-order valence-corrected chi connectivity index (χ2v) is 3.47. The number of hydrogen-bond donors (Lipinski definition) is 1. The fourth-order valence-electron chi connectivity index (χ4n) is 1.08. The second kappa shape index (κ2) is 5.08. The molecule has 0 aliphatic heterocycles. The van der Waals surface area contributed by atoms with Crippen molar-refractivity contribution in [3.63, 3.8) is 0 Å². The third-order valence-corrected chi connectivity index (χ3v) is 2.04. The van der Waals surface area contributed by atoms with E-state index in [0.29, 0.717) is 23.1 Å². The first-order valence-electron chi connectivity index (χ1n) is 4.34. The van der Waals surface area contributed by atoms with Crippen molar-refractivity contribution < 1.29 is 9.47 Å². The van der Waals surface area contributed by atoms with Crippen LogP contribution in [-0.2, 0) is 4.74 Å². The molecule has 0 amide bonds. The maximum Gasteiger partial charge on any atom is 0.121 e. The molecule has 0 aliphatic rings. The maximum atomic E-state index is 5.84. The van der Waals surface area contributed by atoms with Gasteiger partial charge in [0, 0.05) is 13.2 Å². The van der Waals surface area contributed by atoms with Gasteiger partial charge in [-0.15, -0.1) is 0 Å². The van der Waals surface area contributed by atoms with Crippen LogP contribution in [0.3, 0.4) is 0 Å². The van der Waals surface area contributed by atoms with Gasteiger partial charge < -0.3 is 15.2 Å². The van der Waals surface area contributed by atoms with Crippen molar-refractivity contribution >= 4 is 17.3 Å². The van der Waals surface area contributed by atoms with Crippen molar-refractivity contribution in [3.05, 3.63) is 23.2 Å². The normalized spacial score (nSPS) is 12.5. The summed E-state index contributed by atoms with van der Waals surface area (Å²) in [6.45, 7) is 2.47. The first kappa shape index (κ1) is 11.1. The molecule has 14 heavy (non-hydrogen) atoms. The first-order valence-corrected chi connectivity index (χ1v) is 4.72. The smallest absolute Gasteiger partial charge is 0.121 e. The zero-order chi connectivity index (χ0) is 10.6. The zero-order valence-corrected chi connectivity index (χ0v) is 9.04. The van der Waals surface area contributed by atoms with Crippen LogP contribution in [0.5, 0.6) is 5.75 Å². The Morgan fingerprint density at radius 1 is 1.50 bits per heavy atom. The monoisotopic (exact) mass is 215 g/mol. The predicted molar refractivity (Wildman–Crippen MR) is 57.8 cm³/mol. The van der Waals surface area contributed by atoms with E-state index in [9.17, 15) is 0 Å². The van der Waals surface area contributed by atoms with E-state index in [4.69, 9.17) is 26.8 Å². The summed E-state index contributed by atoms with van der Waals surface area (Å²) in [6, 6.07) is 5.20. The molecule has 2 N–H and O–H groups in total. The van der Waals surface area contributed by atoms with Crippen LogP contribution >= 0.6 is 11.6 Å². The number of rotatable bonds is 4. The van der Waals surface area contributed by atoms with Gasteiger partial charge in [0.05, 0.1) is 17.3 Å². The average molecular weight is 216 g/mol.